The van der Waals surface area contributed by atoms with Crippen molar-refractivity contribution in [3.05, 3.63) is 11.4 Å². The predicted octanol–water partition coefficient (Wildman–Crippen LogP) is 3.24. The van der Waals surface area contributed by atoms with E-state index in [1.165, 1.54) is 0 Å². The molecule has 0 fully saturated rings. The number of aryl methyl sites for hydroxylation is 1. The number of anilines is 2. The molecule has 2 N–H and O–H groups in total. The molecule has 0 bridgehead atoms. The van der Waals surface area contributed by atoms with Gasteiger partial charge in [0, 0.05) is 25.6 Å². The molecule has 1 aromatic rings. The summed E-state index contributed by atoms with van der Waals surface area (Å²) in [4.78, 5) is 9.02. The van der Waals surface area contributed by atoms with Gasteiger partial charge in [-0.05, 0) is 18.8 Å². The van der Waals surface area contributed by atoms with Crippen LogP contribution < -0.4 is 10.6 Å². The van der Waals surface area contributed by atoms with Crippen molar-refractivity contribution < 1.29 is 0 Å². The van der Waals surface area contributed by atoms with Gasteiger partial charge in [0.15, 0.2) is 0 Å². The summed E-state index contributed by atoms with van der Waals surface area (Å²) in [7, 11) is 1.90. The largest absolute Gasteiger partial charge is 0.373 e. The molecule has 4 nitrogen and oxygen atoms in total. The van der Waals surface area contributed by atoms with Crippen molar-refractivity contribution in [2.45, 2.75) is 47.5 Å². The lowest BCUT2D eigenvalue weighted by molar-refractivity contribution is 0.389. The van der Waals surface area contributed by atoms with E-state index in [-0.39, 0.29) is 0 Å². The van der Waals surface area contributed by atoms with E-state index in [1.807, 2.05) is 14.0 Å². The monoisotopic (exact) mass is 250 g/mol. The lowest BCUT2D eigenvalue weighted by atomic mass is 9.92. The van der Waals surface area contributed by atoms with Crippen molar-refractivity contribution in [3.63, 3.8) is 0 Å². The van der Waals surface area contributed by atoms with Gasteiger partial charge in [-0.1, -0.05) is 27.7 Å². The van der Waals surface area contributed by atoms with Crippen LogP contribution in [0.4, 0.5) is 11.6 Å². The molecule has 102 valence electrons. The Kier molecular flexibility index (Phi) is 4.93. The molecule has 1 rings (SSSR count). The van der Waals surface area contributed by atoms with Gasteiger partial charge in [0.1, 0.15) is 17.5 Å². The molecular formula is C14H26N4. The van der Waals surface area contributed by atoms with E-state index >= 15 is 0 Å². The first-order chi connectivity index (χ1) is 8.37. The second-order valence-corrected chi connectivity index (χ2v) is 5.80. The van der Waals surface area contributed by atoms with Gasteiger partial charge in [-0.3, -0.25) is 0 Å². The minimum Gasteiger partial charge on any atom is -0.373 e. The molecule has 0 saturated carbocycles. The molecule has 0 aliphatic rings. The van der Waals surface area contributed by atoms with Crippen LogP contribution in [0.15, 0.2) is 0 Å². The molecule has 4 heteroatoms. The molecule has 0 amide bonds. The van der Waals surface area contributed by atoms with Gasteiger partial charge < -0.3 is 10.6 Å². The minimum atomic E-state index is 0.341. The number of hydrogen-bond acceptors (Lipinski definition) is 4. The highest BCUT2D eigenvalue weighted by Crippen LogP contribution is 2.22. The molecule has 0 spiro atoms. The Hall–Kier alpha value is -1.32. The first-order valence-corrected chi connectivity index (χ1v) is 6.66. The van der Waals surface area contributed by atoms with E-state index in [9.17, 15) is 0 Å². The van der Waals surface area contributed by atoms with Crippen molar-refractivity contribution in [1.82, 2.24) is 9.97 Å². The Bertz CT molecular complexity index is 394. The Labute approximate surface area is 111 Å². The van der Waals surface area contributed by atoms with Crippen LogP contribution in [0.5, 0.6) is 0 Å². The van der Waals surface area contributed by atoms with Crippen LogP contribution >= 0.6 is 0 Å². The van der Waals surface area contributed by atoms with Gasteiger partial charge in [-0.15, -0.1) is 0 Å². The zero-order valence-electron chi connectivity index (χ0n) is 12.5. The Balaban J connectivity index is 2.81. The summed E-state index contributed by atoms with van der Waals surface area (Å²) in [5, 5.41) is 6.55. The summed E-state index contributed by atoms with van der Waals surface area (Å²) < 4.78 is 0. The van der Waals surface area contributed by atoms with E-state index in [0.717, 1.165) is 42.4 Å². The Morgan fingerprint density at radius 1 is 1.11 bits per heavy atom. The molecular weight excluding hydrogens is 224 g/mol. The SMILES string of the molecule is CCc1nc(NC)c(C)c(NCCC(C)(C)C)n1. The summed E-state index contributed by atoms with van der Waals surface area (Å²) in [5.74, 6) is 2.75. The number of hydrogen-bond donors (Lipinski definition) is 2. The number of nitrogens with zero attached hydrogens (tertiary/aromatic N) is 2. The van der Waals surface area contributed by atoms with E-state index in [2.05, 4.69) is 48.3 Å². The number of aromatic nitrogens is 2. The average Bonchev–Trinajstić information content (AvgIpc) is 2.29. The fourth-order valence-electron chi connectivity index (χ4n) is 1.69. The van der Waals surface area contributed by atoms with Crippen LogP contribution in [0, 0.1) is 12.3 Å². The maximum absolute atomic E-state index is 4.56. The second kappa shape index (κ2) is 6.03. The molecule has 0 unspecified atom stereocenters. The maximum atomic E-state index is 4.56. The van der Waals surface area contributed by atoms with Crippen LogP contribution in [0.3, 0.4) is 0 Å². The summed E-state index contributed by atoms with van der Waals surface area (Å²) >= 11 is 0. The molecule has 0 aliphatic heterocycles. The summed E-state index contributed by atoms with van der Waals surface area (Å²) in [6.45, 7) is 11.8. The molecule has 18 heavy (non-hydrogen) atoms. The lowest BCUT2D eigenvalue weighted by Crippen LogP contribution is -2.15. The highest BCUT2D eigenvalue weighted by molar-refractivity contribution is 5.56. The molecule has 0 aromatic carbocycles. The molecule has 0 saturated heterocycles. The Morgan fingerprint density at radius 2 is 1.72 bits per heavy atom. The van der Waals surface area contributed by atoms with Crippen LogP contribution in [-0.2, 0) is 6.42 Å². The van der Waals surface area contributed by atoms with Crippen molar-refractivity contribution in [3.8, 4) is 0 Å². The second-order valence-electron chi connectivity index (χ2n) is 5.80. The molecule has 1 aromatic heterocycles. The van der Waals surface area contributed by atoms with E-state index in [1.54, 1.807) is 0 Å². The molecule has 0 aliphatic carbocycles. The quantitative estimate of drug-likeness (QED) is 0.842. The summed E-state index contributed by atoms with van der Waals surface area (Å²) in [5.41, 5.74) is 1.43. The van der Waals surface area contributed by atoms with Crippen LogP contribution in [0.2, 0.25) is 0 Å². The highest BCUT2D eigenvalue weighted by atomic mass is 15.1. The van der Waals surface area contributed by atoms with E-state index in [4.69, 9.17) is 0 Å². The minimum absolute atomic E-state index is 0.341. The van der Waals surface area contributed by atoms with Crippen LogP contribution in [0.1, 0.15) is 45.5 Å². The third-order valence-electron chi connectivity index (χ3n) is 2.91. The van der Waals surface area contributed by atoms with Gasteiger partial charge in [-0.25, -0.2) is 9.97 Å². The van der Waals surface area contributed by atoms with Gasteiger partial charge in [0.25, 0.3) is 0 Å². The van der Waals surface area contributed by atoms with E-state index in [0.29, 0.717) is 5.41 Å². The first-order valence-electron chi connectivity index (χ1n) is 6.66. The highest BCUT2D eigenvalue weighted by Gasteiger charge is 2.12. The third kappa shape index (κ3) is 4.17. The third-order valence-corrected chi connectivity index (χ3v) is 2.91. The van der Waals surface area contributed by atoms with Crippen molar-refractivity contribution in [2.24, 2.45) is 5.41 Å². The normalized spacial score (nSPS) is 11.4. The fourth-order valence-corrected chi connectivity index (χ4v) is 1.69. The van der Waals surface area contributed by atoms with Crippen molar-refractivity contribution in [2.75, 3.05) is 24.2 Å². The maximum Gasteiger partial charge on any atom is 0.134 e. The molecule has 1 heterocycles. The van der Waals surface area contributed by atoms with Crippen LogP contribution in [0.25, 0.3) is 0 Å². The predicted molar refractivity (Wildman–Crippen MR) is 78.3 cm³/mol. The fraction of sp³-hybridized carbons (Fsp3) is 0.714. The smallest absolute Gasteiger partial charge is 0.134 e. The van der Waals surface area contributed by atoms with E-state index < -0.39 is 0 Å². The number of nitrogens with one attached hydrogen (secondary N) is 2. The zero-order valence-corrected chi connectivity index (χ0v) is 12.5. The summed E-state index contributed by atoms with van der Waals surface area (Å²) in [6, 6.07) is 0. The van der Waals surface area contributed by atoms with Crippen molar-refractivity contribution in [1.29, 1.82) is 0 Å². The Morgan fingerprint density at radius 3 is 2.22 bits per heavy atom. The number of rotatable bonds is 5. The van der Waals surface area contributed by atoms with Gasteiger partial charge >= 0.3 is 0 Å². The zero-order chi connectivity index (χ0) is 13.8. The lowest BCUT2D eigenvalue weighted by Gasteiger charge is -2.19. The van der Waals surface area contributed by atoms with Gasteiger partial charge in [0.2, 0.25) is 0 Å². The first kappa shape index (κ1) is 14.7. The summed E-state index contributed by atoms with van der Waals surface area (Å²) in [6.07, 6.45) is 1.97. The van der Waals surface area contributed by atoms with Crippen LogP contribution in [-0.4, -0.2) is 23.6 Å². The van der Waals surface area contributed by atoms with Crippen molar-refractivity contribution >= 4 is 11.6 Å². The van der Waals surface area contributed by atoms with Gasteiger partial charge in [0.05, 0.1) is 0 Å². The topological polar surface area (TPSA) is 49.8 Å². The van der Waals surface area contributed by atoms with Gasteiger partial charge in [-0.2, -0.15) is 0 Å². The molecule has 0 atom stereocenters. The standard InChI is InChI=1S/C14H26N4/c1-7-11-17-12(15-6)10(2)13(18-11)16-9-8-14(3,4)5/h7-9H2,1-6H3,(H2,15,16,17,18). The average molecular weight is 250 g/mol. The molecule has 0 radical (unpaired) electrons.